The van der Waals surface area contributed by atoms with Gasteiger partial charge in [-0.05, 0) is 19.1 Å². The number of carbonyl (C=O) groups is 1. The van der Waals surface area contributed by atoms with Crippen LogP contribution in [-0.2, 0) is 21.4 Å². The molecule has 19 heavy (non-hydrogen) atoms. The Hall–Kier alpha value is -1.38. The van der Waals surface area contributed by atoms with Crippen LogP contribution in [0.15, 0.2) is 22.8 Å². The molecule has 0 aliphatic carbocycles. The first-order chi connectivity index (χ1) is 8.88. The first kappa shape index (κ1) is 15.7. The van der Waals surface area contributed by atoms with E-state index in [1.54, 1.807) is 25.3 Å². The summed E-state index contributed by atoms with van der Waals surface area (Å²) in [5.74, 6) is 0.509. The van der Waals surface area contributed by atoms with Crippen molar-refractivity contribution in [2.24, 2.45) is 0 Å². The average molecular weight is 289 g/mol. The van der Waals surface area contributed by atoms with E-state index in [9.17, 15) is 13.2 Å². The zero-order valence-corrected chi connectivity index (χ0v) is 11.8. The Balaban J connectivity index is 2.18. The third-order valence-electron chi connectivity index (χ3n) is 2.35. The second-order valence-corrected chi connectivity index (χ2v) is 5.97. The molecule has 0 saturated heterocycles. The van der Waals surface area contributed by atoms with Crippen LogP contribution in [0.1, 0.15) is 12.7 Å². The third-order valence-corrected chi connectivity index (χ3v) is 3.08. The highest BCUT2D eigenvalue weighted by atomic mass is 32.2. The zero-order chi connectivity index (χ0) is 14.3. The third kappa shape index (κ3) is 6.94. The van der Waals surface area contributed by atoms with Gasteiger partial charge in [-0.2, -0.15) is 0 Å². The van der Waals surface area contributed by atoms with Gasteiger partial charge in [0.25, 0.3) is 0 Å². The fraction of sp³-hybridized carbons (Fsp3) is 0.545. The van der Waals surface area contributed by atoms with E-state index in [0.29, 0.717) is 18.8 Å². The van der Waals surface area contributed by atoms with Gasteiger partial charge in [-0.25, -0.2) is 13.1 Å². The Bertz CT molecular complexity index is 484. The largest absolute Gasteiger partial charge is 0.467 e. The van der Waals surface area contributed by atoms with Crippen molar-refractivity contribution < 1.29 is 17.6 Å². The number of amides is 1. The quantitative estimate of drug-likeness (QED) is 0.556. The molecule has 7 nitrogen and oxygen atoms in total. The first-order valence-corrected chi connectivity index (χ1v) is 7.76. The van der Waals surface area contributed by atoms with Crippen LogP contribution < -0.4 is 15.4 Å². The number of carbonyl (C=O) groups excluding carboxylic acids is 1. The number of hydrogen-bond acceptors (Lipinski definition) is 5. The fourth-order valence-electron chi connectivity index (χ4n) is 1.36. The van der Waals surface area contributed by atoms with Gasteiger partial charge in [-0.1, -0.05) is 0 Å². The molecule has 0 aromatic carbocycles. The fourth-order valence-corrected chi connectivity index (χ4v) is 1.83. The number of nitrogens with one attached hydrogen (secondary N) is 3. The topological polar surface area (TPSA) is 100 Å². The Morgan fingerprint density at radius 3 is 2.74 bits per heavy atom. The highest BCUT2D eigenvalue weighted by Crippen LogP contribution is 1.98. The zero-order valence-electron chi connectivity index (χ0n) is 11.0. The van der Waals surface area contributed by atoms with E-state index in [-0.39, 0.29) is 12.5 Å². The molecule has 1 aromatic rings. The number of sulfonamides is 1. The second-order valence-electron chi connectivity index (χ2n) is 4.14. The summed E-state index contributed by atoms with van der Waals surface area (Å²) in [5, 5.41) is 5.62. The van der Waals surface area contributed by atoms with Crippen molar-refractivity contribution >= 4 is 15.9 Å². The Labute approximate surface area is 112 Å². The molecule has 0 fully saturated rings. The molecular formula is C11H19N3O4S. The van der Waals surface area contributed by atoms with Crippen LogP contribution in [0.5, 0.6) is 0 Å². The Morgan fingerprint density at radius 1 is 1.42 bits per heavy atom. The van der Waals surface area contributed by atoms with Crippen molar-refractivity contribution in [1.82, 2.24) is 15.4 Å². The molecular weight excluding hydrogens is 270 g/mol. The monoisotopic (exact) mass is 289 g/mol. The Kier molecular flexibility index (Phi) is 6.00. The molecule has 0 aliphatic rings. The number of hydrogen-bond donors (Lipinski definition) is 3. The van der Waals surface area contributed by atoms with Gasteiger partial charge < -0.3 is 15.1 Å². The molecule has 0 radical (unpaired) electrons. The summed E-state index contributed by atoms with van der Waals surface area (Å²) in [5.41, 5.74) is 0. The van der Waals surface area contributed by atoms with E-state index >= 15 is 0 Å². The molecule has 1 unspecified atom stereocenters. The van der Waals surface area contributed by atoms with Gasteiger partial charge in [0.2, 0.25) is 15.9 Å². The molecule has 0 saturated carbocycles. The van der Waals surface area contributed by atoms with Crippen molar-refractivity contribution in [3.05, 3.63) is 24.2 Å². The van der Waals surface area contributed by atoms with Crippen LogP contribution in [0.4, 0.5) is 0 Å². The van der Waals surface area contributed by atoms with E-state index in [1.165, 1.54) is 0 Å². The van der Waals surface area contributed by atoms with Crippen molar-refractivity contribution in [2.45, 2.75) is 19.5 Å². The summed E-state index contributed by atoms with van der Waals surface area (Å²) >= 11 is 0. The molecule has 108 valence electrons. The van der Waals surface area contributed by atoms with Crippen molar-refractivity contribution in [2.75, 3.05) is 19.3 Å². The van der Waals surface area contributed by atoms with Crippen LogP contribution in [0, 0.1) is 0 Å². The standard InChI is InChI=1S/C11H19N3O4S/c1-9(12-5-6-14-19(2,16)17)11(15)13-8-10-4-3-7-18-10/h3-4,7,9,12,14H,5-6,8H2,1-2H3,(H,13,15). The molecule has 0 spiro atoms. The minimum Gasteiger partial charge on any atom is -0.467 e. The minimum absolute atomic E-state index is 0.171. The van der Waals surface area contributed by atoms with E-state index < -0.39 is 16.1 Å². The van der Waals surface area contributed by atoms with Gasteiger partial charge in [0, 0.05) is 13.1 Å². The van der Waals surface area contributed by atoms with Crippen LogP contribution in [0.25, 0.3) is 0 Å². The lowest BCUT2D eigenvalue weighted by molar-refractivity contribution is -0.123. The summed E-state index contributed by atoms with van der Waals surface area (Å²) in [7, 11) is -3.19. The van der Waals surface area contributed by atoms with Gasteiger partial charge in [-0.15, -0.1) is 0 Å². The van der Waals surface area contributed by atoms with Crippen LogP contribution in [0.2, 0.25) is 0 Å². The van der Waals surface area contributed by atoms with E-state index in [4.69, 9.17) is 4.42 Å². The second kappa shape index (κ2) is 7.27. The van der Waals surface area contributed by atoms with Crippen LogP contribution in [0.3, 0.4) is 0 Å². The van der Waals surface area contributed by atoms with Crippen molar-refractivity contribution in [3.8, 4) is 0 Å². The predicted molar refractivity (Wildman–Crippen MR) is 70.9 cm³/mol. The lowest BCUT2D eigenvalue weighted by Crippen LogP contribution is -2.44. The number of furan rings is 1. The normalized spacial score (nSPS) is 13.2. The van der Waals surface area contributed by atoms with Crippen molar-refractivity contribution in [3.63, 3.8) is 0 Å². The van der Waals surface area contributed by atoms with Gasteiger partial charge in [0.15, 0.2) is 0 Å². The molecule has 1 atom stereocenters. The maximum Gasteiger partial charge on any atom is 0.237 e. The molecule has 1 rings (SSSR count). The maximum atomic E-state index is 11.7. The molecule has 8 heteroatoms. The van der Waals surface area contributed by atoms with Gasteiger partial charge in [0.05, 0.1) is 25.1 Å². The lowest BCUT2D eigenvalue weighted by Gasteiger charge is -2.13. The first-order valence-electron chi connectivity index (χ1n) is 5.86. The summed E-state index contributed by atoms with van der Waals surface area (Å²) in [6.45, 7) is 2.66. The lowest BCUT2D eigenvalue weighted by atomic mass is 10.3. The summed E-state index contributed by atoms with van der Waals surface area (Å²) in [4.78, 5) is 11.7. The SMILES string of the molecule is CC(NCCNS(C)(=O)=O)C(=O)NCc1ccco1. The van der Waals surface area contributed by atoms with Gasteiger partial charge in [0.1, 0.15) is 5.76 Å². The molecule has 1 amide bonds. The summed E-state index contributed by atoms with van der Waals surface area (Å²) in [6, 6.07) is 3.12. The molecule has 1 aromatic heterocycles. The molecule has 0 bridgehead atoms. The molecule has 1 heterocycles. The highest BCUT2D eigenvalue weighted by molar-refractivity contribution is 7.88. The van der Waals surface area contributed by atoms with Crippen LogP contribution in [-0.4, -0.2) is 39.7 Å². The number of rotatable bonds is 8. The smallest absolute Gasteiger partial charge is 0.237 e. The van der Waals surface area contributed by atoms with Crippen LogP contribution >= 0.6 is 0 Å². The van der Waals surface area contributed by atoms with Crippen molar-refractivity contribution in [1.29, 1.82) is 0 Å². The maximum absolute atomic E-state index is 11.7. The van der Waals surface area contributed by atoms with E-state index in [1.807, 2.05) is 0 Å². The molecule has 3 N–H and O–H groups in total. The summed E-state index contributed by atoms with van der Waals surface area (Å²) < 4.78 is 29.1. The summed E-state index contributed by atoms with van der Waals surface area (Å²) in [6.07, 6.45) is 2.63. The van der Waals surface area contributed by atoms with E-state index in [2.05, 4.69) is 15.4 Å². The van der Waals surface area contributed by atoms with E-state index in [0.717, 1.165) is 6.26 Å². The minimum atomic E-state index is -3.19. The highest BCUT2D eigenvalue weighted by Gasteiger charge is 2.12. The Morgan fingerprint density at radius 2 is 2.16 bits per heavy atom. The van der Waals surface area contributed by atoms with Gasteiger partial charge >= 0.3 is 0 Å². The average Bonchev–Trinajstić information content (AvgIpc) is 2.83. The predicted octanol–water partition coefficient (Wildman–Crippen LogP) is -0.577. The molecule has 0 aliphatic heterocycles. The van der Waals surface area contributed by atoms with Gasteiger partial charge in [-0.3, -0.25) is 4.79 Å².